The van der Waals surface area contributed by atoms with Gasteiger partial charge in [-0.25, -0.2) is 8.78 Å². The average molecular weight is 295 g/mol. The van der Waals surface area contributed by atoms with E-state index in [0.29, 0.717) is 34.6 Å². The average Bonchev–Trinajstić information content (AvgIpc) is 2.73. The molecule has 20 heavy (non-hydrogen) atoms. The lowest BCUT2D eigenvalue weighted by Gasteiger charge is -2.24. The third-order valence-corrected chi connectivity index (χ3v) is 4.27. The first kappa shape index (κ1) is 13.5. The highest BCUT2D eigenvalue weighted by Gasteiger charge is 2.38. The van der Waals surface area contributed by atoms with Crippen LogP contribution in [0.2, 0.25) is 5.02 Å². The Morgan fingerprint density at radius 2 is 2.00 bits per heavy atom. The second-order valence-electron chi connectivity index (χ2n) is 5.21. The van der Waals surface area contributed by atoms with Crippen molar-refractivity contribution in [3.05, 3.63) is 69.7 Å². The summed E-state index contributed by atoms with van der Waals surface area (Å²) >= 11 is 6.04. The maximum absolute atomic E-state index is 13.7. The number of rotatable bonds is 2. The Bertz CT molecular complexity index is 672. The molecule has 0 amide bonds. The highest BCUT2D eigenvalue weighted by molar-refractivity contribution is 6.31. The first-order valence-corrected chi connectivity index (χ1v) is 6.81. The molecule has 2 aromatic rings. The minimum Gasteiger partial charge on any atom is -0.385 e. The summed E-state index contributed by atoms with van der Waals surface area (Å²) in [5.41, 5.74) is 0.473. The van der Waals surface area contributed by atoms with Crippen LogP contribution in [-0.4, -0.2) is 5.11 Å². The quantitative estimate of drug-likeness (QED) is 0.888. The van der Waals surface area contributed by atoms with Crippen molar-refractivity contribution in [2.24, 2.45) is 0 Å². The van der Waals surface area contributed by atoms with E-state index < -0.39 is 11.4 Å². The van der Waals surface area contributed by atoms with E-state index in [1.54, 1.807) is 12.1 Å². The van der Waals surface area contributed by atoms with E-state index in [1.165, 1.54) is 24.3 Å². The van der Waals surface area contributed by atoms with Gasteiger partial charge in [-0.1, -0.05) is 23.7 Å². The molecule has 0 spiro atoms. The zero-order valence-electron chi connectivity index (χ0n) is 10.7. The van der Waals surface area contributed by atoms with Gasteiger partial charge in [-0.3, -0.25) is 0 Å². The van der Waals surface area contributed by atoms with Crippen LogP contribution in [0.15, 0.2) is 36.4 Å². The summed E-state index contributed by atoms with van der Waals surface area (Å²) in [4.78, 5) is 0. The van der Waals surface area contributed by atoms with Crippen LogP contribution < -0.4 is 0 Å². The van der Waals surface area contributed by atoms with Crippen molar-refractivity contribution in [3.63, 3.8) is 0 Å². The molecule has 1 aliphatic rings. The molecule has 0 heterocycles. The van der Waals surface area contributed by atoms with E-state index in [-0.39, 0.29) is 12.2 Å². The summed E-state index contributed by atoms with van der Waals surface area (Å²) in [5, 5.41) is 11.2. The molecule has 1 N–H and O–H groups in total. The third-order valence-electron chi connectivity index (χ3n) is 3.90. The van der Waals surface area contributed by atoms with E-state index >= 15 is 0 Å². The lowest BCUT2D eigenvalue weighted by Crippen LogP contribution is -2.25. The van der Waals surface area contributed by atoms with E-state index in [4.69, 9.17) is 11.6 Å². The minimum atomic E-state index is -1.19. The molecule has 2 aromatic carbocycles. The van der Waals surface area contributed by atoms with Crippen molar-refractivity contribution in [1.82, 2.24) is 0 Å². The van der Waals surface area contributed by atoms with Crippen molar-refractivity contribution in [2.45, 2.75) is 24.9 Å². The molecule has 3 rings (SSSR count). The number of aliphatic hydroxyl groups is 1. The molecule has 0 fully saturated rings. The molecule has 1 aliphatic carbocycles. The fourth-order valence-electron chi connectivity index (χ4n) is 2.89. The van der Waals surface area contributed by atoms with E-state index in [0.717, 1.165) is 0 Å². The summed E-state index contributed by atoms with van der Waals surface area (Å²) in [5.74, 6) is -0.700. The van der Waals surface area contributed by atoms with Gasteiger partial charge in [0.15, 0.2) is 0 Å². The molecular weight excluding hydrogens is 282 g/mol. The van der Waals surface area contributed by atoms with Crippen molar-refractivity contribution in [2.75, 3.05) is 0 Å². The van der Waals surface area contributed by atoms with Gasteiger partial charge in [0.2, 0.25) is 0 Å². The Labute approximate surface area is 120 Å². The molecule has 0 radical (unpaired) electrons. The molecule has 1 atom stereocenters. The fourth-order valence-corrected chi connectivity index (χ4v) is 3.08. The highest BCUT2D eigenvalue weighted by Crippen LogP contribution is 2.41. The predicted molar refractivity (Wildman–Crippen MR) is 73.7 cm³/mol. The molecule has 0 aromatic heterocycles. The van der Waals surface area contributed by atoms with Gasteiger partial charge < -0.3 is 5.11 Å². The topological polar surface area (TPSA) is 20.2 Å². The van der Waals surface area contributed by atoms with Crippen molar-refractivity contribution >= 4 is 11.6 Å². The lowest BCUT2D eigenvalue weighted by molar-refractivity contribution is 0.0389. The monoisotopic (exact) mass is 294 g/mol. The van der Waals surface area contributed by atoms with E-state index in [9.17, 15) is 13.9 Å². The SMILES string of the molecule is OC1(Cc2cc(F)ccc2Cl)CCc2c(F)cccc21. The Hall–Kier alpha value is -1.45. The van der Waals surface area contributed by atoms with Gasteiger partial charge in [-0.15, -0.1) is 0 Å². The molecule has 1 nitrogen and oxygen atoms in total. The molecule has 1 unspecified atom stereocenters. The number of halogens is 3. The Kier molecular flexibility index (Phi) is 3.27. The highest BCUT2D eigenvalue weighted by atomic mass is 35.5. The fraction of sp³-hybridized carbons (Fsp3) is 0.250. The maximum Gasteiger partial charge on any atom is 0.126 e. The first-order valence-electron chi connectivity index (χ1n) is 6.44. The Morgan fingerprint density at radius 3 is 2.80 bits per heavy atom. The Morgan fingerprint density at radius 1 is 1.20 bits per heavy atom. The van der Waals surface area contributed by atoms with E-state index in [2.05, 4.69) is 0 Å². The van der Waals surface area contributed by atoms with Crippen LogP contribution in [0.5, 0.6) is 0 Å². The zero-order valence-corrected chi connectivity index (χ0v) is 11.4. The second kappa shape index (κ2) is 4.83. The summed E-state index contributed by atoms with van der Waals surface area (Å²) in [6, 6.07) is 8.75. The minimum absolute atomic E-state index is 0.181. The summed E-state index contributed by atoms with van der Waals surface area (Å²) in [6.45, 7) is 0. The summed E-state index contributed by atoms with van der Waals surface area (Å²) in [7, 11) is 0. The lowest BCUT2D eigenvalue weighted by atomic mass is 9.88. The first-order chi connectivity index (χ1) is 9.49. The molecule has 0 saturated carbocycles. The van der Waals surface area contributed by atoms with Gasteiger partial charge in [-0.2, -0.15) is 0 Å². The largest absolute Gasteiger partial charge is 0.385 e. The van der Waals surface area contributed by atoms with Crippen molar-refractivity contribution in [3.8, 4) is 0 Å². The van der Waals surface area contributed by atoms with E-state index in [1.807, 2.05) is 0 Å². The third kappa shape index (κ3) is 2.21. The number of hydrogen-bond donors (Lipinski definition) is 1. The molecule has 0 bridgehead atoms. The number of hydrogen-bond acceptors (Lipinski definition) is 1. The molecule has 104 valence electrons. The molecular formula is C16H13ClF2O. The van der Waals surface area contributed by atoms with Gasteiger partial charge in [0.05, 0.1) is 5.60 Å². The predicted octanol–water partition coefficient (Wildman–Crippen LogP) is 3.99. The van der Waals surface area contributed by atoms with Crippen molar-refractivity contribution in [1.29, 1.82) is 0 Å². The van der Waals surface area contributed by atoms with Gasteiger partial charge >= 0.3 is 0 Å². The second-order valence-corrected chi connectivity index (χ2v) is 5.62. The molecule has 0 saturated heterocycles. The van der Waals surface area contributed by atoms with Crippen LogP contribution >= 0.6 is 11.6 Å². The summed E-state index contributed by atoms with van der Waals surface area (Å²) in [6.07, 6.45) is 1.07. The van der Waals surface area contributed by atoms with Crippen LogP contribution in [0.3, 0.4) is 0 Å². The Balaban J connectivity index is 2.00. The van der Waals surface area contributed by atoms with Crippen LogP contribution in [0.4, 0.5) is 8.78 Å². The smallest absolute Gasteiger partial charge is 0.126 e. The molecule has 4 heteroatoms. The van der Waals surface area contributed by atoms with Crippen LogP contribution in [0.25, 0.3) is 0 Å². The standard InChI is InChI=1S/C16H13ClF2O/c17-14-5-4-11(18)8-10(14)9-16(20)7-6-12-13(16)2-1-3-15(12)19/h1-5,8,20H,6-7,9H2. The van der Waals surface area contributed by atoms with Gasteiger partial charge in [-0.05, 0) is 53.8 Å². The van der Waals surface area contributed by atoms with Gasteiger partial charge in [0.25, 0.3) is 0 Å². The number of benzene rings is 2. The molecule has 0 aliphatic heterocycles. The van der Waals surface area contributed by atoms with Crippen LogP contribution in [-0.2, 0) is 18.4 Å². The van der Waals surface area contributed by atoms with Crippen molar-refractivity contribution < 1.29 is 13.9 Å². The normalized spacial score (nSPS) is 21.0. The number of fused-ring (bicyclic) bond motifs is 1. The van der Waals surface area contributed by atoms with Crippen LogP contribution in [0.1, 0.15) is 23.1 Å². The van der Waals surface area contributed by atoms with Gasteiger partial charge in [0, 0.05) is 11.4 Å². The maximum atomic E-state index is 13.7. The van der Waals surface area contributed by atoms with Crippen LogP contribution in [0, 0.1) is 11.6 Å². The zero-order chi connectivity index (χ0) is 14.3. The summed E-state index contributed by atoms with van der Waals surface area (Å²) < 4.78 is 27.0. The van der Waals surface area contributed by atoms with Gasteiger partial charge in [0.1, 0.15) is 11.6 Å².